The van der Waals surface area contributed by atoms with E-state index in [-0.39, 0.29) is 5.91 Å². The van der Waals surface area contributed by atoms with Crippen molar-refractivity contribution in [3.8, 4) is 0 Å². The van der Waals surface area contributed by atoms with E-state index in [1.165, 1.54) is 38.5 Å². The summed E-state index contributed by atoms with van der Waals surface area (Å²) in [6.45, 7) is 1.93. The number of carbonyl (C=O) groups excluding carboxylic acids is 1. The first-order valence-corrected chi connectivity index (χ1v) is 8.47. The maximum atomic E-state index is 11.8. The van der Waals surface area contributed by atoms with Crippen LogP contribution in [0.3, 0.4) is 0 Å². The Morgan fingerprint density at radius 1 is 1.10 bits per heavy atom. The Balaban J connectivity index is 1.59. The van der Waals surface area contributed by atoms with Crippen LogP contribution in [0.5, 0.6) is 0 Å². The fourth-order valence-electron chi connectivity index (χ4n) is 3.54. The molecule has 114 valence electrons. The molecule has 3 heteroatoms. The molecule has 0 radical (unpaired) electrons. The summed E-state index contributed by atoms with van der Waals surface area (Å²) in [6.07, 6.45) is 9.97. The Hall–Kier alpha value is -1.51. The first-order chi connectivity index (χ1) is 10.3. The second-order valence-electron chi connectivity index (χ2n) is 6.44. The smallest absolute Gasteiger partial charge is 0.227 e. The van der Waals surface area contributed by atoms with Gasteiger partial charge in [0.1, 0.15) is 0 Å². The van der Waals surface area contributed by atoms with Crippen molar-refractivity contribution in [2.45, 2.75) is 51.4 Å². The van der Waals surface area contributed by atoms with Crippen LogP contribution < -0.4 is 10.2 Å². The van der Waals surface area contributed by atoms with Crippen molar-refractivity contribution in [2.24, 2.45) is 5.92 Å². The van der Waals surface area contributed by atoms with Gasteiger partial charge in [-0.15, -0.1) is 0 Å². The first-order valence-electron chi connectivity index (χ1n) is 8.47. The quantitative estimate of drug-likeness (QED) is 0.841. The molecule has 0 atom stereocenters. The monoisotopic (exact) mass is 286 g/mol. The zero-order valence-electron chi connectivity index (χ0n) is 12.8. The van der Waals surface area contributed by atoms with Gasteiger partial charge in [0, 0.05) is 30.9 Å². The molecule has 1 saturated carbocycles. The number of benzene rings is 1. The van der Waals surface area contributed by atoms with Crippen molar-refractivity contribution in [3.63, 3.8) is 0 Å². The van der Waals surface area contributed by atoms with Crippen molar-refractivity contribution >= 4 is 17.3 Å². The van der Waals surface area contributed by atoms with Crippen molar-refractivity contribution in [1.29, 1.82) is 0 Å². The number of amides is 1. The highest BCUT2D eigenvalue weighted by Gasteiger charge is 2.21. The number of nitrogens with one attached hydrogen (secondary N) is 1. The van der Waals surface area contributed by atoms with E-state index in [4.69, 9.17) is 0 Å². The van der Waals surface area contributed by atoms with Gasteiger partial charge in [-0.2, -0.15) is 0 Å². The average molecular weight is 286 g/mol. The van der Waals surface area contributed by atoms with Gasteiger partial charge in [0.25, 0.3) is 0 Å². The summed E-state index contributed by atoms with van der Waals surface area (Å²) >= 11 is 0. The second kappa shape index (κ2) is 6.97. The zero-order chi connectivity index (χ0) is 14.5. The SMILES string of the molecule is O=C1CCCN1c1cccc(NCC2CCCCCC2)c1. The highest BCUT2D eigenvalue weighted by molar-refractivity contribution is 5.95. The van der Waals surface area contributed by atoms with Crippen molar-refractivity contribution < 1.29 is 4.79 Å². The average Bonchev–Trinajstić information content (AvgIpc) is 2.77. The summed E-state index contributed by atoms with van der Waals surface area (Å²) in [5, 5.41) is 3.58. The number of carbonyl (C=O) groups is 1. The molecule has 2 aliphatic rings. The third kappa shape index (κ3) is 3.78. The molecule has 1 aliphatic carbocycles. The van der Waals surface area contributed by atoms with Crippen LogP contribution in [0.1, 0.15) is 51.4 Å². The van der Waals surface area contributed by atoms with E-state index in [9.17, 15) is 4.79 Å². The minimum Gasteiger partial charge on any atom is -0.385 e. The Labute approximate surface area is 127 Å². The molecule has 0 spiro atoms. The predicted octanol–water partition coefficient (Wildman–Crippen LogP) is 4.20. The molecule has 1 aromatic carbocycles. The van der Waals surface area contributed by atoms with Crippen LogP contribution >= 0.6 is 0 Å². The van der Waals surface area contributed by atoms with Gasteiger partial charge in [0.15, 0.2) is 0 Å². The van der Waals surface area contributed by atoms with E-state index in [0.29, 0.717) is 6.42 Å². The summed E-state index contributed by atoms with van der Waals surface area (Å²) in [4.78, 5) is 13.7. The fraction of sp³-hybridized carbons (Fsp3) is 0.611. The van der Waals surface area contributed by atoms with Gasteiger partial charge in [-0.25, -0.2) is 0 Å². The lowest BCUT2D eigenvalue weighted by Gasteiger charge is -2.19. The lowest BCUT2D eigenvalue weighted by molar-refractivity contribution is -0.117. The molecule has 2 fully saturated rings. The van der Waals surface area contributed by atoms with E-state index < -0.39 is 0 Å². The molecule has 1 saturated heterocycles. The molecule has 1 heterocycles. The normalized spacial score (nSPS) is 20.6. The number of hydrogen-bond donors (Lipinski definition) is 1. The van der Waals surface area contributed by atoms with E-state index >= 15 is 0 Å². The Morgan fingerprint density at radius 2 is 1.90 bits per heavy atom. The standard InChI is InChI=1S/C18H26N2O/c21-18-11-6-12-20(18)17-10-5-9-16(13-17)19-14-15-7-3-1-2-4-8-15/h5,9-10,13,15,19H,1-4,6-8,11-12,14H2. The van der Waals surface area contributed by atoms with E-state index in [2.05, 4.69) is 23.5 Å². The van der Waals surface area contributed by atoms with Crippen LogP contribution in [0.25, 0.3) is 0 Å². The fourth-order valence-corrected chi connectivity index (χ4v) is 3.54. The van der Waals surface area contributed by atoms with E-state index in [0.717, 1.165) is 36.8 Å². The molecule has 0 unspecified atom stereocenters. The van der Waals surface area contributed by atoms with Crippen molar-refractivity contribution in [2.75, 3.05) is 23.3 Å². The van der Waals surface area contributed by atoms with E-state index in [1.54, 1.807) is 0 Å². The summed E-state index contributed by atoms with van der Waals surface area (Å²) in [5.41, 5.74) is 2.19. The minimum absolute atomic E-state index is 0.260. The van der Waals surface area contributed by atoms with Crippen LogP contribution in [-0.4, -0.2) is 19.0 Å². The Kier molecular flexibility index (Phi) is 4.79. The molecule has 0 aromatic heterocycles. The maximum Gasteiger partial charge on any atom is 0.227 e. The lowest BCUT2D eigenvalue weighted by Crippen LogP contribution is -2.23. The molecule has 1 amide bonds. The number of hydrogen-bond acceptors (Lipinski definition) is 2. The molecule has 0 bridgehead atoms. The first kappa shape index (κ1) is 14.4. The van der Waals surface area contributed by atoms with Gasteiger partial charge in [-0.1, -0.05) is 31.7 Å². The molecule has 3 nitrogen and oxygen atoms in total. The van der Waals surface area contributed by atoms with Gasteiger partial charge in [0.2, 0.25) is 5.91 Å². The zero-order valence-corrected chi connectivity index (χ0v) is 12.8. The van der Waals surface area contributed by atoms with Crippen LogP contribution in [0.2, 0.25) is 0 Å². The summed E-state index contributed by atoms with van der Waals surface area (Å²) in [7, 11) is 0. The van der Waals surface area contributed by atoms with Gasteiger partial charge < -0.3 is 10.2 Å². The predicted molar refractivity (Wildman–Crippen MR) is 87.7 cm³/mol. The van der Waals surface area contributed by atoms with Gasteiger partial charge in [-0.05, 0) is 43.4 Å². The third-order valence-corrected chi connectivity index (χ3v) is 4.80. The largest absolute Gasteiger partial charge is 0.385 e. The molecule has 1 aliphatic heterocycles. The summed E-state index contributed by atoms with van der Waals surface area (Å²) in [6, 6.07) is 8.33. The number of rotatable bonds is 4. The van der Waals surface area contributed by atoms with Crippen LogP contribution in [0.4, 0.5) is 11.4 Å². The number of nitrogens with zero attached hydrogens (tertiary/aromatic N) is 1. The minimum atomic E-state index is 0.260. The summed E-state index contributed by atoms with van der Waals surface area (Å²) in [5.74, 6) is 1.07. The highest BCUT2D eigenvalue weighted by atomic mass is 16.2. The molecular formula is C18H26N2O. The molecular weight excluding hydrogens is 260 g/mol. The van der Waals surface area contributed by atoms with Crippen molar-refractivity contribution in [3.05, 3.63) is 24.3 Å². The van der Waals surface area contributed by atoms with E-state index in [1.807, 2.05) is 11.0 Å². The van der Waals surface area contributed by atoms with Gasteiger partial charge in [0.05, 0.1) is 0 Å². The molecule has 1 N–H and O–H groups in total. The summed E-state index contributed by atoms with van der Waals surface area (Å²) < 4.78 is 0. The Morgan fingerprint density at radius 3 is 2.62 bits per heavy atom. The molecule has 3 rings (SSSR count). The van der Waals surface area contributed by atoms with Crippen LogP contribution in [-0.2, 0) is 4.79 Å². The highest BCUT2D eigenvalue weighted by Crippen LogP contribution is 2.26. The topological polar surface area (TPSA) is 32.3 Å². The molecule has 21 heavy (non-hydrogen) atoms. The number of anilines is 2. The van der Waals surface area contributed by atoms with Crippen LogP contribution in [0, 0.1) is 5.92 Å². The van der Waals surface area contributed by atoms with Crippen LogP contribution in [0.15, 0.2) is 24.3 Å². The molecule has 1 aromatic rings. The second-order valence-corrected chi connectivity index (χ2v) is 6.44. The maximum absolute atomic E-state index is 11.8. The van der Waals surface area contributed by atoms with Gasteiger partial charge in [-0.3, -0.25) is 4.79 Å². The van der Waals surface area contributed by atoms with Crippen molar-refractivity contribution in [1.82, 2.24) is 0 Å². The third-order valence-electron chi connectivity index (χ3n) is 4.80. The Bertz CT molecular complexity index is 478. The lowest BCUT2D eigenvalue weighted by atomic mass is 10.0. The van der Waals surface area contributed by atoms with Gasteiger partial charge >= 0.3 is 0 Å².